The standard InChI is InChI=1S/C23H32O5/c1-12-6-17-22(27,19(12)26)10-15(11-24)7-16-18-20(4,5)21(18,9-14(3)25)8-13(2)23(16,17)28/h6-7,13,16-18,24,27-28H,8-11H2,1-5H3/t13-,16+,17-,18+,21+,22-,23-/m1/s1. The van der Waals surface area contributed by atoms with Crippen LogP contribution in [-0.4, -0.2) is 44.7 Å². The maximum absolute atomic E-state index is 12.8. The minimum Gasteiger partial charge on any atom is -0.392 e. The summed E-state index contributed by atoms with van der Waals surface area (Å²) in [7, 11) is 0. The summed E-state index contributed by atoms with van der Waals surface area (Å²) in [5, 5.41) is 33.5. The van der Waals surface area contributed by atoms with E-state index in [-0.39, 0.29) is 53.2 Å². The van der Waals surface area contributed by atoms with Crippen molar-refractivity contribution in [1.82, 2.24) is 0 Å². The lowest BCUT2D eigenvalue weighted by Crippen LogP contribution is -2.60. The number of fused-ring (bicyclic) bond motifs is 5. The van der Waals surface area contributed by atoms with Gasteiger partial charge in [0.05, 0.1) is 12.2 Å². The molecule has 0 amide bonds. The molecule has 0 spiro atoms. The molecule has 28 heavy (non-hydrogen) atoms. The summed E-state index contributed by atoms with van der Waals surface area (Å²) in [6.45, 7) is 9.34. The average Bonchev–Trinajstić information content (AvgIpc) is 2.99. The van der Waals surface area contributed by atoms with E-state index in [1.807, 2.05) is 13.0 Å². The van der Waals surface area contributed by atoms with Crippen LogP contribution in [0.3, 0.4) is 0 Å². The zero-order chi connectivity index (χ0) is 20.9. The third kappa shape index (κ3) is 2.13. The highest BCUT2D eigenvalue weighted by Gasteiger charge is 2.80. The first-order valence-electron chi connectivity index (χ1n) is 10.3. The van der Waals surface area contributed by atoms with Gasteiger partial charge in [-0.2, -0.15) is 0 Å². The molecule has 3 N–H and O–H groups in total. The Labute approximate surface area is 166 Å². The molecule has 154 valence electrons. The van der Waals surface area contributed by atoms with Crippen molar-refractivity contribution in [2.45, 2.75) is 65.1 Å². The van der Waals surface area contributed by atoms with E-state index in [2.05, 4.69) is 13.8 Å². The van der Waals surface area contributed by atoms with Crippen molar-refractivity contribution in [3.05, 3.63) is 23.3 Å². The molecular formula is C23H32O5. The predicted octanol–water partition coefficient (Wildman–Crippen LogP) is 2.19. The largest absolute Gasteiger partial charge is 0.392 e. The van der Waals surface area contributed by atoms with E-state index in [0.717, 1.165) is 0 Å². The molecule has 5 nitrogen and oxygen atoms in total. The summed E-state index contributed by atoms with van der Waals surface area (Å²) in [5.74, 6) is -1.36. The van der Waals surface area contributed by atoms with Crippen LogP contribution in [0.4, 0.5) is 0 Å². The lowest BCUT2D eigenvalue weighted by Gasteiger charge is -2.51. The zero-order valence-electron chi connectivity index (χ0n) is 17.5. The number of Topliss-reactive ketones (excluding diaryl/α,β-unsaturated/α-hetero) is 2. The molecule has 4 aliphatic carbocycles. The molecule has 0 aromatic heterocycles. The Morgan fingerprint density at radius 2 is 1.89 bits per heavy atom. The molecule has 0 aromatic carbocycles. The second kappa shape index (κ2) is 5.65. The van der Waals surface area contributed by atoms with Gasteiger partial charge in [-0.05, 0) is 54.1 Å². The molecule has 0 radical (unpaired) electrons. The molecule has 7 atom stereocenters. The topological polar surface area (TPSA) is 94.8 Å². The first-order chi connectivity index (χ1) is 12.9. The maximum Gasteiger partial charge on any atom is 0.190 e. The Bertz CT molecular complexity index is 823. The molecule has 0 saturated heterocycles. The van der Waals surface area contributed by atoms with E-state index >= 15 is 0 Å². The fraction of sp³-hybridized carbons (Fsp3) is 0.739. The minimum absolute atomic E-state index is 0.0409. The summed E-state index contributed by atoms with van der Waals surface area (Å²) in [4.78, 5) is 24.9. The second-order valence-corrected chi connectivity index (χ2v) is 10.5. The van der Waals surface area contributed by atoms with Crippen molar-refractivity contribution in [1.29, 1.82) is 0 Å². The number of aliphatic hydroxyl groups is 3. The van der Waals surface area contributed by atoms with Crippen molar-refractivity contribution in [2.24, 2.45) is 34.5 Å². The minimum atomic E-state index is -1.71. The molecule has 0 heterocycles. The van der Waals surface area contributed by atoms with Gasteiger partial charge >= 0.3 is 0 Å². The smallest absolute Gasteiger partial charge is 0.190 e. The molecule has 0 aliphatic heterocycles. The van der Waals surface area contributed by atoms with Crippen LogP contribution in [-0.2, 0) is 9.59 Å². The Morgan fingerprint density at radius 1 is 1.25 bits per heavy atom. The van der Waals surface area contributed by atoms with E-state index in [1.165, 1.54) is 0 Å². The van der Waals surface area contributed by atoms with Crippen molar-refractivity contribution in [2.75, 3.05) is 6.61 Å². The van der Waals surface area contributed by atoms with Crippen LogP contribution >= 0.6 is 0 Å². The van der Waals surface area contributed by atoms with E-state index < -0.39 is 17.1 Å². The SMILES string of the molecule is CC(=O)C[C@@]12C[C@@H](C)[C@@]3(O)[C@@H](C=C(CO)C[C@]4(O)C(=O)C(C)=C[C@@H]34)[C@H]1C2(C)C. The highest BCUT2D eigenvalue weighted by molar-refractivity contribution is 6.04. The maximum atomic E-state index is 12.8. The van der Waals surface area contributed by atoms with Gasteiger partial charge in [0.2, 0.25) is 0 Å². The first-order valence-corrected chi connectivity index (χ1v) is 10.3. The molecule has 2 fully saturated rings. The monoisotopic (exact) mass is 388 g/mol. The Morgan fingerprint density at radius 3 is 2.46 bits per heavy atom. The van der Waals surface area contributed by atoms with Crippen LogP contribution in [0.5, 0.6) is 0 Å². The average molecular weight is 389 g/mol. The van der Waals surface area contributed by atoms with Crippen LogP contribution in [0.25, 0.3) is 0 Å². The Kier molecular flexibility index (Phi) is 4.03. The van der Waals surface area contributed by atoms with Crippen molar-refractivity contribution < 1.29 is 24.9 Å². The molecule has 4 rings (SSSR count). The summed E-state index contributed by atoms with van der Waals surface area (Å²) >= 11 is 0. The van der Waals surface area contributed by atoms with E-state index in [1.54, 1.807) is 19.9 Å². The summed E-state index contributed by atoms with van der Waals surface area (Å²) in [5.41, 5.74) is -2.26. The fourth-order valence-corrected chi connectivity index (χ4v) is 7.49. The summed E-state index contributed by atoms with van der Waals surface area (Å²) in [6.07, 6.45) is 4.86. The quantitative estimate of drug-likeness (QED) is 0.644. The lowest BCUT2D eigenvalue weighted by molar-refractivity contribution is -0.172. The van der Waals surface area contributed by atoms with Crippen LogP contribution in [0.15, 0.2) is 23.3 Å². The number of carbonyl (C=O) groups is 2. The normalized spacial score (nSPS) is 48.6. The van der Waals surface area contributed by atoms with Gasteiger partial charge in [0.15, 0.2) is 5.78 Å². The molecule has 0 unspecified atom stereocenters. The molecular weight excluding hydrogens is 356 g/mol. The zero-order valence-corrected chi connectivity index (χ0v) is 17.5. The molecule has 2 saturated carbocycles. The molecule has 0 bridgehead atoms. The van der Waals surface area contributed by atoms with Gasteiger partial charge < -0.3 is 20.1 Å². The number of hydrogen-bond acceptors (Lipinski definition) is 5. The predicted molar refractivity (Wildman–Crippen MR) is 104 cm³/mol. The molecule has 4 aliphatic rings. The third-order valence-corrected chi connectivity index (χ3v) is 8.79. The van der Waals surface area contributed by atoms with Gasteiger partial charge in [-0.25, -0.2) is 0 Å². The number of hydrogen-bond donors (Lipinski definition) is 3. The van der Waals surface area contributed by atoms with E-state index in [4.69, 9.17) is 0 Å². The van der Waals surface area contributed by atoms with Crippen LogP contribution < -0.4 is 0 Å². The number of aliphatic hydroxyl groups excluding tert-OH is 1. The van der Waals surface area contributed by atoms with Crippen LogP contribution in [0.2, 0.25) is 0 Å². The first kappa shape index (κ1) is 20.0. The number of rotatable bonds is 3. The Balaban J connectivity index is 1.90. The van der Waals surface area contributed by atoms with Crippen molar-refractivity contribution >= 4 is 11.6 Å². The highest BCUT2D eigenvalue weighted by Crippen LogP contribution is 2.81. The second-order valence-electron chi connectivity index (χ2n) is 10.5. The van der Waals surface area contributed by atoms with Gasteiger partial charge in [-0.3, -0.25) is 4.79 Å². The van der Waals surface area contributed by atoms with Crippen LogP contribution in [0.1, 0.15) is 53.9 Å². The molecule has 0 aromatic rings. The van der Waals surface area contributed by atoms with Gasteiger partial charge in [-0.15, -0.1) is 0 Å². The van der Waals surface area contributed by atoms with E-state index in [9.17, 15) is 24.9 Å². The van der Waals surface area contributed by atoms with Crippen molar-refractivity contribution in [3.8, 4) is 0 Å². The van der Waals surface area contributed by atoms with Gasteiger partial charge in [-0.1, -0.05) is 32.9 Å². The lowest BCUT2D eigenvalue weighted by atomic mass is 9.58. The summed E-state index contributed by atoms with van der Waals surface area (Å²) in [6, 6.07) is 0. The number of ketones is 2. The third-order valence-electron chi connectivity index (χ3n) is 8.79. The number of carbonyl (C=O) groups excluding carboxylic acids is 2. The van der Waals surface area contributed by atoms with Crippen LogP contribution in [0, 0.1) is 34.5 Å². The Hall–Kier alpha value is -1.30. The van der Waals surface area contributed by atoms with Gasteiger partial charge in [0.25, 0.3) is 0 Å². The molecule has 5 heteroatoms. The fourth-order valence-electron chi connectivity index (χ4n) is 7.49. The van der Waals surface area contributed by atoms with Crippen molar-refractivity contribution in [3.63, 3.8) is 0 Å². The van der Waals surface area contributed by atoms with Gasteiger partial charge in [0.1, 0.15) is 11.4 Å². The van der Waals surface area contributed by atoms with E-state index in [0.29, 0.717) is 24.0 Å². The summed E-state index contributed by atoms with van der Waals surface area (Å²) < 4.78 is 0. The highest BCUT2D eigenvalue weighted by atomic mass is 16.3. The van der Waals surface area contributed by atoms with Gasteiger partial charge in [0, 0.05) is 24.7 Å².